The fraction of sp³-hybridized carbons (Fsp3) is 0.250. The number of rotatable bonds is 3. The van der Waals surface area contributed by atoms with Gasteiger partial charge in [0, 0.05) is 37.4 Å². The van der Waals surface area contributed by atoms with Gasteiger partial charge in [0.25, 0.3) is 11.8 Å². The summed E-state index contributed by atoms with van der Waals surface area (Å²) >= 11 is 0. The lowest BCUT2D eigenvalue weighted by molar-refractivity contribution is 0.0664. The van der Waals surface area contributed by atoms with Crippen LogP contribution in [0, 0.1) is 17.1 Å². The van der Waals surface area contributed by atoms with Gasteiger partial charge < -0.3 is 15.1 Å². The van der Waals surface area contributed by atoms with Crippen LogP contribution in [0.2, 0.25) is 0 Å². The van der Waals surface area contributed by atoms with Gasteiger partial charge in [0.2, 0.25) is 0 Å². The van der Waals surface area contributed by atoms with Crippen LogP contribution in [0.4, 0.5) is 10.1 Å². The van der Waals surface area contributed by atoms with Crippen LogP contribution in [0.1, 0.15) is 26.3 Å². The Balaban J connectivity index is 1.68. The molecule has 0 radical (unpaired) electrons. The standard InChI is InChI=1S/C20H19FN4O2/c1-24-8-10-25(11-9-24)20(27)15-3-5-16(6-4-15)23-19(26)17-12-14(13-22)2-7-18(17)21/h2-7,12H,8-11H2,1H3,(H,23,26). The first-order valence-electron chi connectivity index (χ1n) is 8.57. The molecule has 7 heteroatoms. The van der Waals surface area contributed by atoms with Crippen LogP contribution < -0.4 is 5.32 Å². The summed E-state index contributed by atoms with van der Waals surface area (Å²) in [4.78, 5) is 28.7. The number of nitrogens with one attached hydrogen (secondary N) is 1. The zero-order valence-corrected chi connectivity index (χ0v) is 14.9. The fourth-order valence-electron chi connectivity index (χ4n) is 2.86. The molecule has 1 fully saturated rings. The molecule has 0 unspecified atom stereocenters. The highest BCUT2D eigenvalue weighted by Crippen LogP contribution is 2.16. The number of hydrogen-bond donors (Lipinski definition) is 1. The lowest BCUT2D eigenvalue weighted by Gasteiger charge is -2.32. The predicted octanol–water partition coefficient (Wildman–Crippen LogP) is 2.34. The molecule has 0 atom stereocenters. The second-order valence-corrected chi connectivity index (χ2v) is 6.43. The van der Waals surface area contributed by atoms with E-state index in [1.54, 1.807) is 29.2 Å². The van der Waals surface area contributed by atoms with Gasteiger partial charge in [-0.25, -0.2) is 4.39 Å². The maximum Gasteiger partial charge on any atom is 0.258 e. The van der Waals surface area contributed by atoms with E-state index in [4.69, 9.17) is 5.26 Å². The number of likely N-dealkylation sites (N-methyl/N-ethyl adjacent to an activating group) is 1. The molecule has 0 bridgehead atoms. The van der Waals surface area contributed by atoms with Gasteiger partial charge in [-0.05, 0) is 49.5 Å². The Bertz CT molecular complexity index is 897. The van der Waals surface area contributed by atoms with Crippen molar-refractivity contribution in [2.75, 3.05) is 38.5 Å². The van der Waals surface area contributed by atoms with Crippen molar-refractivity contribution in [2.24, 2.45) is 0 Å². The summed E-state index contributed by atoms with van der Waals surface area (Å²) < 4.78 is 13.8. The number of carbonyl (C=O) groups excluding carboxylic acids is 2. The van der Waals surface area contributed by atoms with Gasteiger partial charge in [-0.1, -0.05) is 0 Å². The SMILES string of the molecule is CN1CCN(C(=O)c2ccc(NC(=O)c3cc(C#N)ccc3F)cc2)CC1. The lowest BCUT2D eigenvalue weighted by atomic mass is 10.1. The highest BCUT2D eigenvalue weighted by Gasteiger charge is 2.20. The molecule has 6 nitrogen and oxygen atoms in total. The van der Waals surface area contributed by atoms with E-state index < -0.39 is 11.7 Å². The van der Waals surface area contributed by atoms with Crippen LogP contribution in [0.5, 0.6) is 0 Å². The number of carbonyl (C=O) groups is 2. The summed E-state index contributed by atoms with van der Waals surface area (Å²) in [5.41, 5.74) is 0.980. The van der Waals surface area contributed by atoms with Crippen molar-refractivity contribution in [2.45, 2.75) is 0 Å². The van der Waals surface area contributed by atoms with Gasteiger partial charge >= 0.3 is 0 Å². The maximum atomic E-state index is 13.8. The molecule has 1 saturated heterocycles. The minimum absolute atomic E-state index is 0.0475. The Kier molecular flexibility index (Phi) is 5.48. The zero-order valence-electron chi connectivity index (χ0n) is 14.9. The van der Waals surface area contributed by atoms with Crippen molar-refractivity contribution >= 4 is 17.5 Å². The smallest absolute Gasteiger partial charge is 0.258 e. The first kappa shape index (κ1) is 18.5. The van der Waals surface area contributed by atoms with Crippen LogP contribution in [0.25, 0.3) is 0 Å². The summed E-state index contributed by atoms with van der Waals surface area (Å²) in [6.07, 6.45) is 0. The van der Waals surface area contributed by atoms with Crippen LogP contribution in [-0.4, -0.2) is 54.8 Å². The molecule has 3 rings (SSSR count). The van der Waals surface area contributed by atoms with Gasteiger partial charge in [-0.2, -0.15) is 5.26 Å². The summed E-state index contributed by atoms with van der Waals surface area (Å²) in [5, 5.41) is 11.5. The van der Waals surface area contributed by atoms with Crippen molar-refractivity contribution in [3.8, 4) is 6.07 Å². The van der Waals surface area contributed by atoms with E-state index in [2.05, 4.69) is 10.2 Å². The van der Waals surface area contributed by atoms with E-state index in [0.717, 1.165) is 19.2 Å². The summed E-state index contributed by atoms with van der Waals surface area (Å²) in [6.45, 7) is 3.05. The summed E-state index contributed by atoms with van der Waals surface area (Å²) in [6, 6.07) is 12.0. The van der Waals surface area contributed by atoms with Crippen molar-refractivity contribution in [1.82, 2.24) is 9.80 Å². The Labute approximate surface area is 156 Å². The molecule has 2 aromatic rings. The first-order valence-corrected chi connectivity index (χ1v) is 8.57. The quantitative estimate of drug-likeness (QED) is 0.905. The van der Waals surface area contributed by atoms with E-state index in [1.807, 2.05) is 13.1 Å². The van der Waals surface area contributed by atoms with E-state index in [0.29, 0.717) is 24.3 Å². The van der Waals surface area contributed by atoms with Crippen molar-refractivity contribution < 1.29 is 14.0 Å². The van der Waals surface area contributed by atoms with Gasteiger partial charge in [-0.3, -0.25) is 9.59 Å². The van der Waals surface area contributed by atoms with Gasteiger partial charge in [0.05, 0.1) is 17.2 Å². The van der Waals surface area contributed by atoms with Crippen molar-refractivity contribution in [1.29, 1.82) is 5.26 Å². The molecule has 1 N–H and O–H groups in total. The number of halogens is 1. The van der Waals surface area contributed by atoms with Gasteiger partial charge in [0.1, 0.15) is 5.82 Å². The highest BCUT2D eigenvalue weighted by atomic mass is 19.1. The zero-order chi connectivity index (χ0) is 19.4. The number of amides is 2. The average Bonchev–Trinajstić information content (AvgIpc) is 2.69. The molecule has 138 valence electrons. The summed E-state index contributed by atoms with van der Waals surface area (Å²) in [7, 11) is 2.02. The Hall–Kier alpha value is -3.24. The van der Waals surface area contributed by atoms with E-state index in [9.17, 15) is 14.0 Å². The molecule has 0 saturated carbocycles. The van der Waals surface area contributed by atoms with Crippen LogP contribution >= 0.6 is 0 Å². The molecule has 2 aromatic carbocycles. The largest absolute Gasteiger partial charge is 0.336 e. The van der Waals surface area contributed by atoms with Gasteiger partial charge in [-0.15, -0.1) is 0 Å². The number of nitrogens with zero attached hydrogens (tertiary/aromatic N) is 3. The molecule has 0 spiro atoms. The molecular formula is C20H19FN4O2. The fourth-order valence-corrected chi connectivity index (χ4v) is 2.86. The van der Waals surface area contributed by atoms with Gasteiger partial charge in [0.15, 0.2) is 0 Å². The molecule has 1 aliphatic heterocycles. The topological polar surface area (TPSA) is 76.4 Å². The maximum absolute atomic E-state index is 13.8. The Morgan fingerprint density at radius 1 is 1.07 bits per heavy atom. The second kappa shape index (κ2) is 7.98. The third kappa shape index (κ3) is 4.30. The van der Waals surface area contributed by atoms with Crippen LogP contribution in [-0.2, 0) is 0 Å². The molecule has 1 heterocycles. The second-order valence-electron chi connectivity index (χ2n) is 6.43. The minimum atomic E-state index is -0.701. The Morgan fingerprint density at radius 3 is 2.37 bits per heavy atom. The number of anilines is 1. The Morgan fingerprint density at radius 2 is 1.74 bits per heavy atom. The van der Waals surface area contributed by atoms with E-state index in [-0.39, 0.29) is 17.0 Å². The summed E-state index contributed by atoms with van der Waals surface area (Å²) in [5.74, 6) is -1.40. The van der Waals surface area contributed by atoms with E-state index in [1.165, 1.54) is 12.1 Å². The van der Waals surface area contributed by atoms with Crippen LogP contribution in [0.3, 0.4) is 0 Å². The molecule has 27 heavy (non-hydrogen) atoms. The number of piperazine rings is 1. The molecular weight excluding hydrogens is 347 g/mol. The third-order valence-corrected chi connectivity index (χ3v) is 4.52. The molecule has 2 amide bonds. The highest BCUT2D eigenvalue weighted by molar-refractivity contribution is 6.05. The first-order chi connectivity index (χ1) is 13.0. The normalized spacial score (nSPS) is 14.5. The van der Waals surface area contributed by atoms with Crippen molar-refractivity contribution in [3.05, 3.63) is 65.0 Å². The number of hydrogen-bond acceptors (Lipinski definition) is 4. The predicted molar refractivity (Wildman–Crippen MR) is 98.9 cm³/mol. The molecule has 0 aromatic heterocycles. The van der Waals surface area contributed by atoms with Crippen molar-refractivity contribution in [3.63, 3.8) is 0 Å². The monoisotopic (exact) mass is 366 g/mol. The average molecular weight is 366 g/mol. The molecule has 1 aliphatic rings. The molecule has 0 aliphatic carbocycles. The number of benzene rings is 2. The minimum Gasteiger partial charge on any atom is -0.336 e. The third-order valence-electron chi connectivity index (χ3n) is 4.52. The number of nitriles is 1. The lowest BCUT2D eigenvalue weighted by Crippen LogP contribution is -2.47. The van der Waals surface area contributed by atoms with E-state index >= 15 is 0 Å². The van der Waals surface area contributed by atoms with Crippen LogP contribution in [0.15, 0.2) is 42.5 Å².